The molecule has 1 atom stereocenters. The summed E-state index contributed by atoms with van der Waals surface area (Å²) in [5.74, 6) is -0.122. The Kier molecular flexibility index (Phi) is 5.87. The number of thiophene rings is 1. The number of rotatable bonds is 6. The van der Waals surface area contributed by atoms with Crippen molar-refractivity contribution in [1.29, 1.82) is 0 Å². The van der Waals surface area contributed by atoms with E-state index in [0.29, 0.717) is 10.7 Å². The molecule has 0 fully saturated rings. The van der Waals surface area contributed by atoms with Crippen molar-refractivity contribution in [3.05, 3.63) is 87.1 Å². The number of halogens is 1. The van der Waals surface area contributed by atoms with Crippen LogP contribution in [0.3, 0.4) is 0 Å². The summed E-state index contributed by atoms with van der Waals surface area (Å²) in [6, 6.07) is 19.8. The minimum absolute atomic E-state index is 0.0135. The lowest BCUT2D eigenvalue weighted by Crippen LogP contribution is -2.31. The van der Waals surface area contributed by atoms with Crippen molar-refractivity contribution in [2.45, 2.75) is 13.0 Å². The highest BCUT2D eigenvalue weighted by molar-refractivity contribution is 7.10. The number of carbonyl (C=O) groups is 1. The van der Waals surface area contributed by atoms with Crippen LogP contribution in [0.15, 0.2) is 66.0 Å². The first-order valence-electron chi connectivity index (χ1n) is 8.01. The summed E-state index contributed by atoms with van der Waals surface area (Å²) in [5.41, 5.74) is 2.82. The molecular formula is C20H19ClN2OS. The van der Waals surface area contributed by atoms with Crippen LogP contribution in [0.5, 0.6) is 0 Å². The Bertz CT molecular complexity index is 834. The Morgan fingerprint density at radius 2 is 1.92 bits per heavy atom. The fourth-order valence-electron chi connectivity index (χ4n) is 2.59. The average molecular weight is 371 g/mol. The number of anilines is 1. The quantitative estimate of drug-likeness (QED) is 0.639. The molecule has 0 aliphatic rings. The smallest absolute Gasteiger partial charge is 0.238 e. The fraction of sp³-hybridized carbons (Fsp3) is 0.150. The van der Waals surface area contributed by atoms with Crippen LogP contribution in [0.2, 0.25) is 5.02 Å². The third-order valence-corrected chi connectivity index (χ3v) is 5.08. The molecule has 0 aliphatic carbocycles. The largest absolute Gasteiger partial charge is 0.324 e. The average Bonchev–Trinajstić information content (AvgIpc) is 3.13. The summed E-state index contributed by atoms with van der Waals surface area (Å²) < 4.78 is 0. The molecule has 3 nitrogen and oxygen atoms in total. The zero-order valence-electron chi connectivity index (χ0n) is 13.8. The molecule has 1 aromatic heterocycles. The van der Waals surface area contributed by atoms with E-state index < -0.39 is 0 Å². The Labute approximate surface area is 156 Å². The second-order valence-corrected chi connectivity index (χ2v) is 7.16. The Morgan fingerprint density at radius 3 is 2.60 bits per heavy atom. The summed E-state index contributed by atoms with van der Waals surface area (Å²) in [4.78, 5) is 13.5. The number of benzene rings is 2. The van der Waals surface area contributed by atoms with Crippen LogP contribution in [0, 0.1) is 6.92 Å². The maximum Gasteiger partial charge on any atom is 0.238 e. The molecule has 1 heterocycles. The van der Waals surface area contributed by atoms with E-state index in [-0.39, 0.29) is 18.5 Å². The highest BCUT2D eigenvalue weighted by Gasteiger charge is 2.16. The molecule has 0 unspecified atom stereocenters. The summed E-state index contributed by atoms with van der Waals surface area (Å²) in [6.45, 7) is 2.16. The van der Waals surface area contributed by atoms with E-state index in [1.807, 2.05) is 54.8 Å². The first kappa shape index (κ1) is 17.7. The maximum atomic E-state index is 12.3. The molecule has 1 amide bonds. The second kappa shape index (κ2) is 8.30. The standard InChI is InChI=1S/C20H19ClN2OS/c1-14-9-10-17(16(21)12-14)23-19(24)13-22-20(18-8-5-11-25-18)15-6-3-2-4-7-15/h2-12,20,22H,13H2,1H3,(H,23,24)/t20-/m0/s1. The minimum atomic E-state index is -0.122. The van der Waals surface area contributed by atoms with Gasteiger partial charge in [-0.2, -0.15) is 0 Å². The first-order valence-corrected chi connectivity index (χ1v) is 9.27. The van der Waals surface area contributed by atoms with Crippen molar-refractivity contribution in [3.8, 4) is 0 Å². The Balaban J connectivity index is 1.68. The normalized spacial score (nSPS) is 11.9. The molecule has 2 aromatic carbocycles. The van der Waals surface area contributed by atoms with Gasteiger partial charge in [-0.1, -0.05) is 54.1 Å². The second-order valence-electron chi connectivity index (χ2n) is 5.77. The number of amides is 1. The topological polar surface area (TPSA) is 41.1 Å². The molecule has 0 saturated heterocycles. The van der Waals surface area contributed by atoms with Gasteiger partial charge in [0.15, 0.2) is 0 Å². The summed E-state index contributed by atoms with van der Waals surface area (Å²) >= 11 is 7.85. The van der Waals surface area contributed by atoms with Gasteiger partial charge < -0.3 is 5.32 Å². The van der Waals surface area contributed by atoms with E-state index in [0.717, 1.165) is 11.1 Å². The molecular weight excluding hydrogens is 352 g/mol. The van der Waals surface area contributed by atoms with Gasteiger partial charge in [0.1, 0.15) is 0 Å². The van der Waals surface area contributed by atoms with Gasteiger partial charge in [0.25, 0.3) is 0 Å². The first-order chi connectivity index (χ1) is 12.1. The van der Waals surface area contributed by atoms with E-state index in [1.165, 1.54) is 4.88 Å². The molecule has 0 bridgehead atoms. The maximum absolute atomic E-state index is 12.3. The SMILES string of the molecule is Cc1ccc(NC(=O)CN[C@@H](c2ccccc2)c2cccs2)c(Cl)c1. The summed E-state index contributed by atoms with van der Waals surface area (Å²) in [7, 11) is 0. The van der Waals surface area contributed by atoms with Crippen LogP contribution in [-0.2, 0) is 4.79 Å². The van der Waals surface area contributed by atoms with Crippen LogP contribution < -0.4 is 10.6 Å². The predicted molar refractivity (Wildman–Crippen MR) is 105 cm³/mol. The number of aryl methyl sites for hydroxylation is 1. The Hall–Kier alpha value is -2.14. The van der Waals surface area contributed by atoms with E-state index >= 15 is 0 Å². The zero-order valence-corrected chi connectivity index (χ0v) is 15.4. The minimum Gasteiger partial charge on any atom is -0.324 e. The van der Waals surface area contributed by atoms with Gasteiger partial charge in [-0.15, -0.1) is 11.3 Å². The molecule has 25 heavy (non-hydrogen) atoms. The molecule has 128 valence electrons. The Morgan fingerprint density at radius 1 is 1.12 bits per heavy atom. The molecule has 3 aromatic rings. The number of carbonyl (C=O) groups excluding carboxylic acids is 1. The van der Waals surface area contributed by atoms with Gasteiger partial charge >= 0.3 is 0 Å². The molecule has 2 N–H and O–H groups in total. The lowest BCUT2D eigenvalue weighted by atomic mass is 10.1. The number of hydrogen-bond acceptors (Lipinski definition) is 3. The highest BCUT2D eigenvalue weighted by atomic mass is 35.5. The molecule has 0 radical (unpaired) electrons. The van der Waals surface area contributed by atoms with Crippen molar-refractivity contribution in [2.75, 3.05) is 11.9 Å². The number of hydrogen-bond donors (Lipinski definition) is 2. The van der Waals surface area contributed by atoms with Gasteiger partial charge in [0.05, 0.1) is 23.3 Å². The van der Waals surface area contributed by atoms with Crippen LogP contribution >= 0.6 is 22.9 Å². The third kappa shape index (κ3) is 4.69. The monoisotopic (exact) mass is 370 g/mol. The van der Waals surface area contributed by atoms with E-state index in [9.17, 15) is 4.79 Å². The van der Waals surface area contributed by atoms with Crippen LogP contribution in [0.4, 0.5) is 5.69 Å². The highest BCUT2D eigenvalue weighted by Crippen LogP contribution is 2.26. The van der Waals surface area contributed by atoms with Crippen molar-refractivity contribution < 1.29 is 4.79 Å². The predicted octanol–water partition coefficient (Wildman–Crippen LogP) is 5.03. The molecule has 0 saturated carbocycles. The lowest BCUT2D eigenvalue weighted by Gasteiger charge is -2.18. The molecule has 0 aliphatic heterocycles. The third-order valence-electron chi connectivity index (χ3n) is 3.83. The van der Waals surface area contributed by atoms with Gasteiger partial charge in [-0.3, -0.25) is 10.1 Å². The van der Waals surface area contributed by atoms with Crippen molar-refractivity contribution >= 4 is 34.5 Å². The van der Waals surface area contributed by atoms with Crippen molar-refractivity contribution in [2.24, 2.45) is 0 Å². The van der Waals surface area contributed by atoms with Gasteiger partial charge in [-0.05, 0) is 41.6 Å². The van der Waals surface area contributed by atoms with E-state index in [1.54, 1.807) is 11.3 Å². The van der Waals surface area contributed by atoms with Crippen LogP contribution in [0.1, 0.15) is 22.0 Å². The van der Waals surface area contributed by atoms with Gasteiger partial charge in [-0.25, -0.2) is 0 Å². The van der Waals surface area contributed by atoms with Crippen molar-refractivity contribution in [3.63, 3.8) is 0 Å². The van der Waals surface area contributed by atoms with Gasteiger partial charge in [0, 0.05) is 4.88 Å². The molecule has 5 heteroatoms. The summed E-state index contributed by atoms with van der Waals surface area (Å²) in [6.07, 6.45) is 0. The molecule has 3 rings (SSSR count). The van der Waals surface area contributed by atoms with Gasteiger partial charge in [0.2, 0.25) is 5.91 Å². The van der Waals surface area contributed by atoms with E-state index in [2.05, 4.69) is 28.8 Å². The number of nitrogens with one attached hydrogen (secondary N) is 2. The zero-order chi connectivity index (χ0) is 17.6. The fourth-order valence-corrected chi connectivity index (χ4v) is 3.70. The van der Waals surface area contributed by atoms with E-state index in [4.69, 9.17) is 11.6 Å². The lowest BCUT2D eigenvalue weighted by molar-refractivity contribution is -0.115. The molecule has 0 spiro atoms. The van der Waals surface area contributed by atoms with Crippen LogP contribution in [0.25, 0.3) is 0 Å². The van der Waals surface area contributed by atoms with Crippen molar-refractivity contribution in [1.82, 2.24) is 5.32 Å². The summed E-state index contributed by atoms with van der Waals surface area (Å²) in [5, 5.41) is 8.79. The van der Waals surface area contributed by atoms with Crippen LogP contribution in [-0.4, -0.2) is 12.5 Å².